The van der Waals surface area contributed by atoms with Gasteiger partial charge in [0.05, 0.1) is 18.9 Å². The second-order valence-corrected chi connectivity index (χ2v) is 6.37. The number of benzene rings is 2. The molecule has 0 atom stereocenters. The monoisotopic (exact) mass is 410 g/mol. The van der Waals surface area contributed by atoms with Crippen LogP contribution in [0.3, 0.4) is 0 Å². The Morgan fingerprint density at radius 2 is 1.56 bits per heavy atom. The number of urea groups is 1. The maximum atomic E-state index is 12.7. The first-order chi connectivity index (χ1) is 13.0. The topological polar surface area (TPSA) is 77.1 Å². The Hall–Kier alpha value is -2.32. The molecule has 0 unspecified atom stereocenters. The third-order valence-corrected chi connectivity index (χ3v) is 4.10. The molecule has 7 nitrogen and oxygen atoms in total. The number of hydrogen-bond acceptors (Lipinski definition) is 5. The van der Waals surface area contributed by atoms with E-state index in [0.29, 0.717) is 34.6 Å². The first-order valence-electron chi connectivity index (χ1n) is 8.05. The maximum Gasteiger partial charge on any atom is 0.422 e. The van der Waals surface area contributed by atoms with E-state index in [0.717, 1.165) is 4.90 Å². The maximum absolute atomic E-state index is 12.7. The highest BCUT2D eigenvalue weighted by Gasteiger charge is 2.27. The van der Waals surface area contributed by atoms with Crippen LogP contribution in [0.1, 0.15) is 0 Å². The van der Waals surface area contributed by atoms with Gasteiger partial charge in [0.25, 0.3) is 0 Å². The SMILES string of the molecule is O=C(Nc1ccc(Cl)cc1)N(C(=O)OCC1OCCO1)c1ccc(Cl)cc1. The smallest absolute Gasteiger partial charge is 0.422 e. The number of rotatable bonds is 4. The summed E-state index contributed by atoms with van der Waals surface area (Å²) in [4.78, 5) is 26.1. The van der Waals surface area contributed by atoms with E-state index in [9.17, 15) is 9.59 Å². The number of amides is 3. The van der Waals surface area contributed by atoms with Gasteiger partial charge in [0.2, 0.25) is 0 Å². The molecule has 9 heteroatoms. The lowest BCUT2D eigenvalue weighted by Crippen LogP contribution is -2.41. The fourth-order valence-electron chi connectivity index (χ4n) is 2.32. The molecule has 0 spiro atoms. The number of ether oxygens (including phenoxy) is 3. The Labute approximate surface area is 165 Å². The van der Waals surface area contributed by atoms with E-state index in [2.05, 4.69) is 5.32 Å². The third-order valence-electron chi connectivity index (χ3n) is 3.60. The summed E-state index contributed by atoms with van der Waals surface area (Å²) in [6, 6.07) is 12.0. The summed E-state index contributed by atoms with van der Waals surface area (Å²) >= 11 is 11.7. The average Bonchev–Trinajstić information content (AvgIpc) is 3.17. The summed E-state index contributed by atoms with van der Waals surface area (Å²) in [5.41, 5.74) is 0.766. The number of halogens is 2. The Kier molecular flexibility index (Phi) is 6.52. The lowest BCUT2D eigenvalue weighted by Gasteiger charge is -2.21. The van der Waals surface area contributed by atoms with Crippen LogP contribution in [0.5, 0.6) is 0 Å². The van der Waals surface area contributed by atoms with E-state index in [4.69, 9.17) is 37.4 Å². The van der Waals surface area contributed by atoms with E-state index >= 15 is 0 Å². The van der Waals surface area contributed by atoms with E-state index in [1.165, 1.54) is 12.1 Å². The summed E-state index contributed by atoms with van der Waals surface area (Å²) in [5.74, 6) is 0. The van der Waals surface area contributed by atoms with Gasteiger partial charge < -0.3 is 19.5 Å². The van der Waals surface area contributed by atoms with Crippen LogP contribution >= 0.6 is 23.2 Å². The Morgan fingerprint density at radius 1 is 1.00 bits per heavy atom. The number of anilines is 2. The molecule has 0 aliphatic carbocycles. The van der Waals surface area contributed by atoms with Gasteiger partial charge in [0.1, 0.15) is 6.61 Å². The van der Waals surface area contributed by atoms with Gasteiger partial charge in [-0.15, -0.1) is 0 Å². The molecule has 1 aliphatic heterocycles. The quantitative estimate of drug-likeness (QED) is 0.800. The van der Waals surface area contributed by atoms with Crippen LogP contribution in [-0.4, -0.2) is 38.2 Å². The molecule has 3 amide bonds. The summed E-state index contributed by atoms with van der Waals surface area (Å²) in [5, 5.41) is 3.62. The predicted molar refractivity (Wildman–Crippen MR) is 101 cm³/mol. The van der Waals surface area contributed by atoms with Gasteiger partial charge in [-0.2, -0.15) is 4.90 Å². The van der Waals surface area contributed by atoms with Crippen molar-refractivity contribution in [2.75, 3.05) is 30.0 Å². The lowest BCUT2D eigenvalue weighted by atomic mass is 10.3. The highest BCUT2D eigenvalue weighted by Crippen LogP contribution is 2.21. The van der Waals surface area contributed by atoms with E-state index in [-0.39, 0.29) is 6.61 Å². The van der Waals surface area contributed by atoms with Crippen molar-refractivity contribution in [1.29, 1.82) is 0 Å². The minimum atomic E-state index is -0.872. The number of imide groups is 1. The molecular weight excluding hydrogens is 395 g/mol. The van der Waals surface area contributed by atoms with Crippen LogP contribution in [0.4, 0.5) is 21.0 Å². The van der Waals surface area contributed by atoms with Crippen molar-refractivity contribution in [3.05, 3.63) is 58.6 Å². The average molecular weight is 411 g/mol. The number of nitrogens with zero attached hydrogens (tertiary/aromatic N) is 1. The van der Waals surface area contributed by atoms with Gasteiger partial charge in [-0.1, -0.05) is 23.2 Å². The minimum Gasteiger partial charge on any atom is -0.443 e. The van der Waals surface area contributed by atoms with Gasteiger partial charge >= 0.3 is 12.1 Å². The zero-order chi connectivity index (χ0) is 19.2. The van der Waals surface area contributed by atoms with Crippen LogP contribution in [-0.2, 0) is 14.2 Å². The van der Waals surface area contributed by atoms with Crippen LogP contribution in [0.15, 0.2) is 48.5 Å². The first-order valence-corrected chi connectivity index (χ1v) is 8.81. The van der Waals surface area contributed by atoms with Crippen LogP contribution in [0, 0.1) is 0 Å². The highest BCUT2D eigenvalue weighted by molar-refractivity contribution is 6.31. The second-order valence-electron chi connectivity index (χ2n) is 5.50. The van der Waals surface area contributed by atoms with Crippen molar-refractivity contribution in [3.8, 4) is 0 Å². The molecule has 1 fully saturated rings. The van der Waals surface area contributed by atoms with E-state index < -0.39 is 18.4 Å². The fraction of sp³-hybridized carbons (Fsp3) is 0.222. The van der Waals surface area contributed by atoms with Crippen LogP contribution in [0.2, 0.25) is 10.0 Å². The molecule has 142 valence electrons. The Bertz CT molecular complexity index is 792. The summed E-state index contributed by atoms with van der Waals surface area (Å²) in [6.45, 7) is 0.734. The molecule has 0 radical (unpaired) electrons. The Morgan fingerprint density at radius 3 is 2.15 bits per heavy atom. The third kappa shape index (κ3) is 5.33. The van der Waals surface area contributed by atoms with Crippen molar-refractivity contribution >= 4 is 46.7 Å². The second kappa shape index (κ2) is 9.05. The van der Waals surface area contributed by atoms with E-state index in [1.54, 1.807) is 36.4 Å². The number of carbonyl (C=O) groups excluding carboxylic acids is 2. The zero-order valence-electron chi connectivity index (χ0n) is 14.1. The lowest BCUT2D eigenvalue weighted by molar-refractivity contribution is -0.0765. The van der Waals surface area contributed by atoms with Gasteiger partial charge in [-0.3, -0.25) is 0 Å². The van der Waals surface area contributed by atoms with Crippen molar-refractivity contribution in [2.24, 2.45) is 0 Å². The van der Waals surface area contributed by atoms with E-state index in [1.807, 2.05) is 0 Å². The molecular formula is C18H16Cl2N2O5. The van der Waals surface area contributed by atoms with Crippen molar-refractivity contribution in [1.82, 2.24) is 0 Å². The van der Waals surface area contributed by atoms with Gasteiger partial charge in [0, 0.05) is 15.7 Å². The molecule has 2 aromatic carbocycles. The number of carbonyl (C=O) groups is 2. The molecule has 2 aromatic rings. The molecule has 0 aromatic heterocycles. The Balaban J connectivity index is 1.75. The summed E-state index contributed by atoms with van der Waals surface area (Å²) < 4.78 is 15.6. The van der Waals surface area contributed by atoms with Crippen LogP contribution in [0.25, 0.3) is 0 Å². The number of nitrogens with one attached hydrogen (secondary N) is 1. The minimum absolute atomic E-state index is 0.128. The molecule has 1 heterocycles. The molecule has 1 aliphatic rings. The standard InChI is InChI=1S/C18H16Cl2N2O5/c19-12-1-5-14(6-2-12)21-17(23)22(15-7-3-13(20)4-8-15)18(24)27-11-16-25-9-10-26-16/h1-8,16H,9-11H2,(H,21,23). The summed E-state index contributed by atoms with van der Waals surface area (Å²) in [7, 11) is 0. The molecule has 0 bridgehead atoms. The first kappa shape index (κ1) is 19.4. The van der Waals surface area contributed by atoms with Crippen molar-refractivity contribution in [3.63, 3.8) is 0 Å². The normalized spacial score (nSPS) is 14.0. The van der Waals surface area contributed by atoms with Crippen LogP contribution < -0.4 is 10.2 Å². The zero-order valence-corrected chi connectivity index (χ0v) is 15.6. The largest absolute Gasteiger partial charge is 0.443 e. The molecule has 3 rings (SSSR count). The number of hydrogen-bond donors (Lipinski definition) is 1. The molecule has 0 saturated carbocycles. The molecule has 1 N–H and O–H groups in total. The van der Waals surface area contributed by atoms with Gasteiger partial charge in [0.15, 0.2) is 6.29 Å². The fourth-order valence-corrected chi connectivity index (χ4v) is 2.57. The summed E-state index contributed by atoms with van der Waals surface area (Å²) in [6.07, 6.45) is -1.51. The molecule has 27 heavy (non-hydrogen) atoms. The molecule has 1 saturated heterocycles. The van der Waals surface area contributed by atoms with Gasteiger partial charge in [-0.05, 0) is 48.5 Å². The predicted octanol–water partition coefficient (Wildman–Crippen LogP) is 4.54. The van der Waals surface area contributed by atoms with Crippen molar-refractivity contribution in [2.45, 2.75) is 6.29 Å². The van der Waals surface area contributed by atoms with Gasteiger partial charge in [-0.25, -0.2) is 9.59 Å². The van der Waals surface area contributed by atoms with Crippen molar-refractivity contribution < 1.29 is 23.8 Å². The highest BCUT2D eigenvalue weighted by atomic mass is 35.5.